The molecule has 7 heteroatoms. The highest BCUT2D eigenvalue weighted by Crippen LogP contribution is 2.07. The zero-order valence-electron chi connectivity index (χ0n) is 12.3. The third-order valence-electron chi connectivity index (χ3n) is 3.26. The lowest BCUT2D eigenvalue weighted by atomic mass is 10.1. The lowest BCUT2D eigenvalue weighted by molar-refractivity contribution is -0.127. The molecular formula is C15H22ClN3O3. The van der Waals surface area contributed by atoms with Gasteiger partial charge in [-0.05, 0) is 38.1 Å². The zero-order valence-corrected chi connectivity index (χ0v) is 13.2. The van der Waals surface area contributed by atoms with Crippen molar-refractivity contribution in [3.05, 3.63) is 30.3 Å². The molecule has 6 nitrogen and oxygen atoms in total. The van der Waals surface area contributed by atoms with Crippen LogP contribution in [0.25, 0.3) is 0 Å². The van der Waals surface area contributed by atoms with Gasteiger partial charge in [0.25, 0.3) is 5.91 Å². The normalized spacial score (nSPS) is 14.5. The van der Waals surface area contributed by atoms with Crippen molar-refractivity contribution in [2.24, 2.45) is 0 Å². The van der Waals surface area contributed by atoms with Crippen molar-refractivity contribution in [3.63, 3.8) is 0 Å². The van der Waals surface area contributed by atoms with Crippen molar-refractivity contribution in [2.75, 3.05) is 26.2 Å². The first-order valence-corrected chi connectivity index (χ1v) is 7.18. The number of para-hydroxylation sites is 1. The van der Waals surface area contributed by atoms with Gasteiger partial charge in [-0.2, -0.15) is 0 Å². The summed E-state index contributed by atoms with van der Waals surface area (Å²) in [5, 5.41) is 8.70. The van der Waals surface area contributed by atoms with E-state index >= 15 is 0 Å². The maximum absolute atomic E-state index is 11.7. The fourth-order valence-electron chi connectivity index (χ4n) is 2.14. The summed E-state index contributed by atoms with van der Waals surface area (Å²) in [4.78, 5) is 23.3. The highest BCUT2D eigenvalue weighted by molar-refractivity contribution is 5.85. The molecule has 1 heterocycles. The smallest absolute Gasteiger partial charge is 0.258 e. The molecule has 0 saturated carbocycles. The summed E-state index contributed by atoms with van der Waals surface area (Å²) in [5.74, 6) is 0.168. The molecule has 0 atom stereocenters. The third kappa shape index (κ3) is 6.78. The molecule has 1 fully saturated rings. The van der Waals surface area contributed by atoms with Crippen molar-refractivity contribution in [2.45, 2.75) is 18.9 Å². The largest absolute Gasteiger partial charge is 0.484 e. The van der Waals surface area contributed by atoms with Gasteiger partial charge < -0.3 is 20.7 Å². The Bertz CT molecular complexity index is 464. The molecule has 3 N–H and O–H groups in total. The summed E-state index contributed by atoms with van der Waals surface area (Å²) in [6.07, 6.45) is 1.85. The van der Waals surface area contributed by atoms with E-state index in [9.17, 15) is 9.59 Å². The van der Waals surface area contributed by atoms with E-state index in [1.807, 2.05) is 18.2 Å². The summed E-state index contributed by atoms with van der Waals surface area (Å²) >= 11 is 0. The van der Waals surface area contributed by atoms with Crippen LogP contribution in [0.15, 0.2) is 30.3 Å². The number of hydrogen-bond donors (Lipinski definition) is 3. The number of benzene rings is 1. The molecule has 0 aliphatic carbocycles. The molecule has 1 saturated heterocycles. The molecule has 1 aliphatic heterocycles. The number of ether oxygens (including phenoxy) is 1. The first-order valence-electron chi connectivity index (χ1n) is 7.18. The second-order valence-electron chi connectivity index (χ2n) is 4.97. The highest BCUT2D eigenvalue weighted by atomic mass is 35.5. The summed E-state index contributed by atoms with van der Waals surface area (Å²) in [6.45, 7) is 1.73. The molecule has 1 aromatic carbocycles. The van der Waals surface area contributed by atoms with E-state index in [-0.39, 0.29) is 43.4 Å². The molecular weight excluding hydrogens is 306 g/mol. The molecule has 122 valence electrons. The zero-order chi connectivity index (χ0) is 14.9. The number of rotatable bonds is 6. The van der Waals surface area contributed by atoms with Crippen LogP contribution in [0.2, 0.25) is 0 Å². The summed E-state index contributed by atoms with van der Waals surface area (Å²) in [7, 11) is 0. The number of carbonyl (C=O) groups excluding carboxylic acids is 2. The van der Waals surface area contributed by atoms with Crippen molar-refractivity contribution in [3.8, 4) is 5.75 Å². The van der Waals surface area contributed by atoms with Gasteiger partial charge in [0.05, 0.1) is 6.54 Å². The van der Waals surface area contributed by atoms with Crippen LogP contribution < -0.4 is 20.7 Å². The predicted molar refractivity (Wildman–Crippen MR) is 86.2 cm³/mol. The minimum atomic E-state index is -0.306. The van der Waals surface area contributed by atoms with Crippen LogP contribution in [0.3, 0.4) is 0 Å². The van der Waals surface area contributed by atoms with Crippen LogP contribution in [0.5, 0.6) is 5.75 Å². The average Bonchev–Trinajstić information content (AvgIpc) is 2.53. The maximum atomic E-state index is 11.7. The molecule has 22 heavy (non-hydrogen) atoms. The van der Waals surface area contributed by atoms with E-state index in [4.69, 9.17) is 4.74 Å². The fraction of sp³-hybridized carbons (Fsp3) is 0.467. The third-order valence-corrected chi connectivity index (χ3v) is 3.26. The topological polar surface area (TPSA) is 79.5 Å². The predicted octanol–water partition coefficient (Wildman–Crippen LogP) is 0.472. The maximum Gasteiger partial charge on any atom is 0.258 e. The quantitative estimate of drug-likeness (QED) is 0.710. The average molecular weight is 328 g/mol. The second kappa shape index (κ2) is 10.0. The molecule has 2 amide bonds. The van der Waals surface area contributed by atoms with Crippen LogP contribution in [0, 0.1) is 0 Å². The number of amides is 2. The van der Waals surface area contributed by atoms with E-state index in [1.54, 1.807) is 12.1 Å². The van der Waals surface area contributed by atoms with Gasteiger partial charge in [-0.15, -0.1) is 12.4 Å². The minimum Gasteiger partial charge on any atom is -0.484 e. The van der Waals surface area contributed by atoms with E-state index in [1.165, 1.54) is 0 Å². The van der Waals surface area contributed by atoms with Crippen LogP contribution in [-0.4, -0.2) is 44.1 Å². The standard InChI is InChI=1S/C15H21N3O3.ClH/c19-14(18-12-6-8-16-9-7-12)10-17-15(20)11-21-13-4-2-1-3-5-13;/h1-5,12,16H,6-11H2,(H,17,20)(H,18,19);1H. The number of carbonyl (C=O) groups is 2. The Morgan fingerprint density at radius 2 is 1.82 bits per heavy atom. The molecule has 0 spiro atoms. The summed E-state index contributed by atoms with van der Waals surface area (Å²) in [5.41, 5.74) is 0. The van der Waals surface area contributed by atoms with Crippen LogP contribution in [0.1, 0.15) is 12.8 Å². The van der Waals surface area contributed by atoms with E-state index in [0.717, 1.165) is 25.9 Å². The minimum absolute atomic E-state index is 0. The Kier molecular flexibility index (Phi) is 8.32. The van der Waals surface area contributed by atoms with Gasteiger partial charge in [-0.3, -0.25) is 9.59 Å². The van der Waals surface area contributed by atoms with E-state index in [2.05, 4.69) is 16.0 Å². The van der Waals surface area contributed by atoms with Crippen molar-refractivity contribution in [1.29, 1.82) is 0 Å². The van der Waals surface area contributed by atoms with Gasteiger partial charge in [0.2, 0.25) is 5.91 Å². The summed E-state index contributed by atoms with van der Waals surface area (Å²) in [6, 6.07) is 9.29. The Hall–Kier alpha value is -1.79. The summed E-state index contributed by atoms with van der Waals surface area (Å²) < 4.78 is 5.30. The SMILES string of the molecule is Cl.O=C(COc1ccccc1)NCC(=O)NC1CCNCC1. The molecule has 2 rings (SSSR count). The van der Waals surface area contributed by atoms with Crippen molar-refractivity contribution >= 4 is 24.2 Å². The lowest BCUT2D eigenvalue weighted by Crippen LogP contribution is -2.46. The molecule has 0 unspecified atom stereocenters. The van der Waals surface area contributed by atoms with E-state index in [0.29, 0.717) is 5.75 Å². The molecule has 0 bridgehead atoms. The van der Waals surface area contributed by atoms with Crippen molar-refractivity contribution < 1.29 is 14.3 Å². The molecule has 1 aromatic rings. The molecule has 1 aliphatic rings. The van der Waals surface area contributed by atoms with E-state index < -0.39 is 0 Å². The highest BCUT2D eigenvalue weighted by Gasteiger charge is 2.15. The number of halogens is 1. The Balaban J connectivity index is 0.00000242. The van der Waals surface area contributed by atoms with Crippen molar-refractivity contribution in [1.82, 2.24) is 16.0 Å². The van der Waals surface area contributed by atoms with Gasteiger partial charge in [-0.25, -0.2) is 0 Å². The van der Waals surface area contributed by atoms with Crippen LogP contribution >= 0.6 is 12.4 Å². The van der Waals surface area contributed by atoms with Gasteiger partial charge >= 0.3 is 0 Å². The first kappa shape index (κ1) is 18.3. The Morgan fingerprint density at radius 1 is 1.14 bits per heavy atom. The number of hydrogen-bond acceptors (Lipinski definition) is 4. The Labute approximate surface area is 136 Å². The van der Waals surface area contributed by atoms with Crippen LogP contribution in [-0.2, 0) is 9.59 Å². The lowest BCUT2D eigenvalue weighted by Gasteiger charge is -2.23. The molecule has 0 radical (unpaired) electrons. The van der Waals surface area contributed by atoms with Gasteiger partial charge in [-0.1, -0.05) is 18.2 Å². The van der Waals surface area contributed by atoms with Gasteiger partial charge in [0.15, 0.2) is 6.61 Å². The fourth-order valence-corrected chi connectivity index (χ4v) is 2.14. The monoisotopic (exact) mass is 327 g/mol. The first-order chi connectivity index (χ1) is 10.2. The number of nitrogens with one attached hydrogen (secondary N) is 3. The van der Waals surface area contributed by atoms with Gasteiger partial charge in [0, 0.05) is 6.04 Å². The number of piperidine rings is 1. The second-order valence-corrected chi connectivity index (χ2v) is 4.97. The van der Waals surface area contributed by atoms with Crippen LogP contribution in [0.4, 0.5) is 0 Å². The Morgan fingerprint density at radius 3 is 2.50 bits per heavy atom. The molecule has 0 aromatic heterocycles. The van der Waals surface area contributed by atoms with Gasteiger partial charge in [0.1, 0.15) is 5.75 Å².